The summed E-state index contributed by atoms with van der Waals surface area (Å²) in [7, 11) is 0. The Kier molecular flexibility index (Phi) is 5.00. The summed E-state index contributed by atoms with van der Waals surface area (Å²) in [6.07, 6.45) is 8.51. The Hall–Kier alpha value is -2.63. The Labute approximate surface area is 154 Å². The number of hydrogen-bond donors (Lipinski definition) is 1. The number of anilines is 1. The second kappa shape index (κ2) is 7.72. The maximum Gasteiger partial charge on any atom is 0.317 e. The topological polar surface area (TPSA) is 61.4 Å². The lowest BCUT2D eigenvalue weighted by Gasteiger charge is -2.33. The zero-order valence-corrected chi connectivity index (χ0v) is 14.9. The largest absolute Gasteiger partial charge is 0.354 e. The summed E-state index contributed by atoms with van der Waals surface area (Å²) in [4.78, 5) is 25.3. The lowest BCUT2D eigenvalue weighted by molar-refractivity contribution is 0.178. The fourth-order valence-corrected chi connectivity index (χ4v) is 3.94. The van der Waals surface area contributed by atoms with Gasteiger partial charge in [-0.15, -0.1) is 0 Å². The van der Waals surface area contributed by atoms with Crippen molar-refractivity contribution in [3.63, 3.8) is 0 Å². The number of rotatable bonds is 3. The van der Waals surface area contributed by atoms with Crippen molar-refractivity contribution in [2.75, 3.05) is 31.1 Å². The minimum absolute atomic E-state index is 0.0750. The van der Waals surface area contributed by atoms with Crippen LogP contribution >= 0.6 is 0 Å². The standard InChI is InChI=1S/C20H25N5O/c26-20(23-18-8-14-25(15-18)19-3-1-2-9-22-19)24-12-6-17(7-13-24)16-4-10-21-11-5-16/h1-5,9-11,17-18H,6-8,12-15H2,(H,23,26). The Morgan fingerprint density at radius 2 is 1.81 bits per heavy atom. The first-order valence-electron chi connectivity index (χ1n) is 9.41. The summed E-state index contributed by atoms with van der Waals surface area (Å²) in [6.45, 7) is 3.40. The number of aromatic nitrogens is 2. The Balaban J connectivity index is 1.26. The smallest absolute Gasteiger partial charge is 0.317 e. The van der Waals surface area contributed by atoms with Gasteiger partial charge in [0.2, 0.25) is 0 Å². The molecule has 0 bridgehead atoms. The van der Waals surface area contributed by atoms with Gasteiger partial charge in [0, 0.05) is 50.8 Å². The van der Waals surface area contributed by atoms with Crippen LogP contribution in [0.3, 0.4) is 0 Å². The van der Waals surface area contributed by atoms with E-state index in [4.69, 9.17) is 0 Å². The molecule has 0 radical (unpaired) electrons. The van der Waals surface area contributed by atoms with Gasteiger partial charge in [-0.25, -0.2) is 9.78 Å². The van der Waals surface area contributed by atoms with Crippen LogP contribution < -0.4 is 10.2 Å². The van der Waals surface area contributed by atoms with Crippen LogP contribution in [0.1, 0.15) is 30.7 Å². The zero-order valence-electron chi connectivity index (χ0n) is 14.9. The quantitative estimate of drug-likeness (QED) is 0.923. The highest BCUT2D eigenvalue weighted by molar-refractivity contribution is 5.74. The van der Waals surface area contributed by atoms with Gasteiger partial charge in [-0.05, 0) is 55.0 Å². The first-order valence-corrected chi connectivity index (χ1v) is 9.41. The van der Waals surface area contributed by atoms with Crippen LogP contribution in [0.25, 0.3) is 0 Å². The van der Waals surface area contributed by atoms with Crippen LogP contribution in [0.4, 0.5) is 10.6 Å². The van der Waals surface area contributed by atoms with E-state index >= 15 is 0 Å². The number of amides is 2. The van der Waals surface area contributed by atoms with Crippen molar-refractivity contribution in [1.82, 2.24) is 20.2 Å². The number of carbonyl (C=O) groups excluding carboxylic acids is 1. The van der Waals surface area contributed by atoms with E-state index < -0.39 is 0 Å². The fourth-order valence-electron chi connectivity index (χ4n) is 3.94. The maximum atomic E-state index is 12.6. The monoisotopic (exact) mass is 351 g/mol. The van der Waals surface area contributed by atoms with E-state index in [0.717, 1.165) is 51.3 Å². The number of nitrogens with zero attached hydrogens (tertiary/aromatic N) is 4. The molecule has 0 saturated carbocycles. The van der Waals surface area contributed by atoms with Crippen LogP contribution in [-0.2, 0) is 0 Å². The molecule has 2 aromatic rings. The molecule has 2 fully saturated rings. The van der Waals surface area contributed by atoms with E-state index in [2.05, 4.69) is 32.3 Å². The molecular formula is C20H25N5O. The van der Waals surface area contributed by atoms with Gasteiger partial charge >= 0.3 is 6.03 Å². The van der Waals surface area contributed by atoms with E-state index in [-0.39, 0.29) is 12.1 Å². The summed E-state index contributed by atoms with van der Waals surface area (Å²) < 4.78 is 0. The molecule has 0 aliphatic carbocycles. The highest BCUT2D eigenvalue weighted by atomic mass is 16.2. The van der Waals surface area contributed by atoms with Gasteiger partial charge in [-0.1, -0.05) is 6.07 Å². The van der Waals surface area contributed by atoms with Crippen molar-refractivity contribution in [2.45, 2.75) is 31.2 Å². The van der Waals surface area contributed by atoms with Crippen molar-refractivity contribution in [3.8, 4) is 0 Å². The summed E-state index contributed by atoms with van der Waals surface area (Å²) >= 11 is 0. The molecule has 1 unspecified atom stereocenters. The number of piperidine rings is 1. The van der Waals surface area contributed by atoms with Crippen LogP contribution in [0.5, 0.6) is 0 Å². The first kappa shape index (κ1) is 16.8. The highest BCUT2D eigenvalue weighted by Crippen LogP contribution is 2.27. The van der Waals surface area contributed by atoms with Crippen molar-refractivity contribution < 1.29 is 4.79 Å². The molecule has 2 aliphatic heterocycles. The van der Waals surface area contributed by atoms with Crippen molar-refractivity contribution >= 4 is 11.8 Å². The van der Waals surface area contributed by atoms with Gasteiger partial charge in [0.15, 0.2) is 0 Å². The molecule has 4 heterocycles. The van der Waals surface area contributed by atoms with E-state index in [1.165, 1.54) is 5.56 Å². The van der Waals surface area contributed by atoms with Crippen molar-refractivity contribution in [1.29, 1.82) is 0 Å². The molecule has 4 rings (SSSR count). The molecule has 1 atom stereocenters. The van der Waals surface area contributed by atoms with Crippen molar-refractivity contribution in [2.24, 2.45) is 0 Å². The number of likely N-dealkylation sites (tertiary alicyclic amines) is 1. The number of carbonyl (C=O) groups is 1. The average molecular weight is 351 g/mol. The summed E-state index contributed by atoms with van der Waals surface area (Å²) in [5.74, 6) is 1.52. The molecule has 26 heavy (non-hydrogen) atoms. The van der Waals surface area contributed by atoms with Gasteiger partial charge in [-0.3, -0.25) is 4.98 Å². The molecule has 136 valence electrons. The lowest BCUT2D eigenvalue weighted by Crippen LogP contribution is -2.48. The SMILES string of the molecule is O=C(NC1CCN(c2ccccn2)C1)N1CCC(c2ccncc2)CC1. The molecule has 0 aromatic carbocycles. The number of hydrogen-bond acceptors (Lipinski definition) is 4. The normalized spacial score (nSPS) is 21.0. The van der Waals surface area contributed by atoms with Crippen LogP contribution in [-0.4, -0.2) is 53.1 Å². The second-order valence-electron chi connectivity index (χ2n) is 7.11. The maximum absolute atomic E-state index is 12.6. The molecule has 2 saturated heterocycles. The van der Waals surface area contributed by atoms with E-state index in [9.17, 15) is 4.79 Å². The van der Waals surface area contributed by atoms with Crippen LogP contribution in [0.2, 0.25) is 0 Å². The zero-order chi connectivity index (χ0) is 17.8. The number of pyridine rings is 2. The molecule has 0 spiro atoms. The summed E-state index contributed by atoms with van der Waals surface area (Å²) in [5.41, 5.74) is 1.34. The van der Waals surface area contributed by atoms with Crippen LogP contribution in [0, 0.1) is 0 Å². The van der Waals surface area contributed by atoms with Gasteiger partial charge < -0.3 is 15.1 Å². The average Bonchev–Trinajstić information content (AvgIpc) is 3.18. The molecule has 6 heteroatoms. The second-order valence-corrected chi connectivity index (χ2v) is 7.11. The summed E-state index contributed by atoms with van der Waals surface area (Å²) in [6, 6.07) is 10.4. The van der Waals surface area contributed by atoms with Gasteiger partial charge in [0.1, 0.15) is 5.82 Å². The van der Waals surface area contributed by atoms with Gasteiger partial charge in [0.25, 0.3) is 0 Å². The van der Waals surface area contributed by atoms with Crippen LogP contribution in [0.15, 0.2) is 48.9 Å². The van der Waals surface area contributed by atoms with Gasteiger partial charge in [-0.2, -0.15) is 0 Å². The minimum atomic E-state index is 0.0750. The predicted octanol–water partition coefficient (Wildman–Crippen LogP) is 2.64. The predicted molar refractivity (Wildman–Crippen MR) is 101 cm³/mol. The summed E-state index contributed by atoms with van der Waals surface area (Å²) in [5, 5.41) is 3.21. The third-order valence-electron chi connectivity index (χ3n) is 5.45. The van der Waals surface area contributed by atoms with E-state index in [1.807, 2.05) is 41.7 Å². The number of nitrogens with one attached hydrogen (secondary N) is 1. The first-order chi connectivity index (χ1) is 12.8. The molecule has 1 N–H and O–H groups in total. The molecule has 6 nitrogen and oxygen atoms in total. The third kappa shape index (κ3) is 3.79. The van der Waals surface area contributed by atoms with E-state index in [1.54, 1.807) is 0 Å². The lowest BCUT2D eigenvalue weighted by atomic mass is 9.90. The van der Waals surface area contributed by atoms with Gasteiger partial charge in [0.05, 0.1) is 0 Å². The third-order valence-corrected chi connectivity index (χ3v) is 5.45. The molecule has 2 aromatic heterocycles. The fraction of sp³-hybridized carbons (Fsp3) is 0.450. The molecular weight excluding hydrogens is 326 g/mol. The number of urea groups is 1. The highest BCUT2D eigenvalue weighted by Gasteiger charge is 2.28. The van der Waals surface area contributed by atoms with Crippen molar-refractivity contribution in [3.05, 3.63) is 54.5 Å². The van der Waals surface area contributed by atoms with E-state index in [0.29, 0.717) is 5.92 Å². The minimum Gasteiger partial charge on any atom is -0.354 e. The molecule has 2 amide bonds. The Morgan fingerprint density at radius 3 is 2.54 bits per heavy atom. The Bertz CT molecular complexity index is 715. The Morgan fingerprint density at radius 1 is 1.00 bits per heavy atom. The molecule has 2 aliphatic rings.